The smallest absolute Gasteiger partial charge is 0.191 e. The van der Waals surface area contributed by atoms with Crippen molar-refractivity contribution >= 4 is 23.1 Å². The molecule has 0 unspecified atom stereocenters. The highest BCUT2D eigenvalue weighted by molar-refractivity contribution is 7.98. The number of rotatable bonds is 7. The highest BCUT2D eigenvalue weighted by Gasteiger charge is 2.15. The van der Waals surface area contributed by atoms with Crippen molar-refractivity contribution in [2.75, 3.05) is 0 Å². The molecule has 0 fully saturated rings. The number of aromatic nitrogens is 5. The SMILES string of the molecule is CCCn1c(SCc2cc(-c3cccs3)on2)nnc1-c1ccncc1. The molecule has 0 aliphatic carbocycles. The van der Waals surface area contributed by atoms with E-state index in [0.717, 1.165) is 45.8 Å². The van der Waals surface area contributed by atoms with Gasteiger partial charge in [-0.2, -0.15) is 0 Å². The first kappa shape index (κ1) is 17.0. The fraction of sp³-hybridized carbons (Fsp3) is 0.222. The zero-order chi connectivity index (χ0) is 17.8. The molecule has 4 rings (SSSR count). The van der Waals surface area contributed by atoms with Gasteiger partial charge in [-0.1, -0.05) is 29.9 Å². The zero-order valence-corrected chi connectivity index (χ0v) is 15.8. The monoisotopic (exact) mass is 383 g/mol. The third-order valence-corrected chi connectivity index (χ3v) is 5.66. The van der Waals surface area contributed by atoms with Crippen molar-refractivity contribution in [1.82, 2.24) is 24.9 Å². The van der Waals surface area contributed by atoms with Crippen molar-refractivity contribution in [2.45, 2.75) is 30.8 Å². The molecule has 0 aliphatic heterocycles. The van der Waals surface area contributed by atoms with Gasteiger partial charge in [-0.05, 0) is 30.0 Å². The Morgan fingerprint density at radius 3 is 2.85 bits per heavy atom. The van der Waals surface area contributed by atoms with Crippen molar-refractivity contribution in [1.29, 1.82) is 0 Å². The summed E-state index contributed by atoms with van der Waals surface area (Å²) in [4.78, 5) is 5.16. The Labute approximate surface area is 159 Å². The summed E-state index contributed by atoms with van der Waals surface area (Å²) in [5.41, 5.74) is 1.92. The molecule has 6 nitrogen and oxygen atoms in total. The maximum Gasteiger partial charge on any atom is 0.191 e. The minimum Gasteiger partial charge on any atom is -0.355 e. The normalized spacial score (nSPS) is 11.1. The third kappa shape index (κ3) is 3.56. The molecule has 0 aliphatic rings. The lowest BCUT2D eigenvalue weighted by atomic mass is 10.2. The van der Waals surface area contributed by atoms with Crippen molar-refractivity contribution in [3.63, 3.8) is 0 Å². The van der Waals surface area contributed by atoms with Crippen LogP contribution in [0.2, 0.25) is 0 Å². The van der Waals surface area contributed by atoms with E-state index in [0.29, 0.717) is 5.75 Å². The molecule has 0 bridgehead atoms. The van der Waals surface area contributed by atoms with Gasteiger partial charge in [0.05, 0.1) is 10.6 Å². The van der Waals surface area contributed by atoms with E-state index in [9.17, 15) is 0 Å². The predicted molar refractivity (Wildman–Crippen MR) is 103 cm³/mol. The van der Waals surface area contributed by atoms with Gasteiger partial charge in [0.15, 0.2) is 16.7 Å². The Morgan fingerprint density at radius 2 is 2.08 bits per heavy atom. The maximum absolute atomic E-state index is 5.45. The summed E-state index contributed by atoms with van der Waals surface area (Å²) in [7, 11) is 0. The van der Waals surface area contributed by atoms with E-state index in [4.69, 9.17) is 4.52 Å². The Bertz CT molecular complexity index is 963. The van der Waals surface area contributed by atoms with Gasteiger partial charge in [-0.15, -0.1) is 21.5 Å². The van der Waals surface area contributed by atoms with Crippen LogP contribution in [0.3, 0.4) is 0 Å². The number of hydrogen-bond donors (Lipinski definition) is 0. The van der Waals surface area contributed by atoms with Crippen LogP contribution in [0.15, 0.2) is 57.8 Å². The lowest BCUT2D eigenvalue weighted by Gasteiger charge is -2.08. The molecule has 4 aromatic rings. The first-order valence-electron chi connectivity index (χ1n) is 8.31. The van der Waals surface area contributed by atoms with E-state index in [1.165, 1.54) is 0 Å². The summed E-state index contributed by atoms with van der Waals surface area (Å²) in [6.07, 6.45) is 4.55. The summed E-state index contributed by atoms with van der Waals surface area (Å²) < 4.78 is 7.60. The standard InChI is InChI=1S/C18H17N5OS2/c1-2-9-23-17(13-5-7-19-8-6-13)20-21-18(23)26-12-14-11-15(24-22-14)16-4-3-10-25-16/h3-8,10-11H,2,9,12H2,1H3. The second-order valence-electron chi connectivity index (χ2n) is 5.64. The van der Waals surface area contributed by atoms with Crippen LogP contribution in [0.25, 0.3) is 22.0 Å². The number of pyridine rings is 1. The van der Waals surface area contributed by atoms with Gasteiger partial charge in [-0.25, -0.2) is 0 Å². The molecule has 0 N–H and O–H groups in total. The minimum atomic E-state index is 0.688. The van der Waals surface area contributed by atoms with Gasteiger partial charge in [0.2, 0.25) is 0 Å². The van der Waals surface area contributed by atoms with E-state index in [1.54, 1.807) is 35.5 Å². The van der Waals surface area contributed by atoms with Crippen molar-refractivity contribution in [3.05, 3.63) is 53.8 Å². The largest absolute Gasteiger partial charge is 0.355 e. The highest BCUT2D eigenvalue weighted by atomic mass is 32.2. The van der Waals surface area contributed by atoms with E-state index in [-0.39, 0.29) is 0 Å². The summed E-state index contributed by atoms with van der Waals surface area (Å²) in [5.74, 6) is 2.37. The van der Waals surface area contributed by atoms with Crippen molar-refractivity contribution in [3.8, 4) is 22.0 Å². The molecule has 0 aromatic carbocycles. The topological polar surface area (TPSA) is 69.6 Å². The van der Waals surface area contributed by atoms with Crippen molar-refractivity contribution < 1.29 is 4.52 Å². The van der Waals surface area contributed by atoms with Crippen LogP contribution in [0.1, 0.15) is 19.0 Å². The van der Waals surface area contributed by atoms with Crippen LogP contribution in [0.5, 0.6) is 0 Å². The molecule has 0 saturated heterocycles. The van der Waals surface area contributed by atoms with Gasteiger partial charge < -0.3 is 9.09 Å². The molecule has 0 amide bonds. The molecule has 0 saturated carbocycles. The summed E-state index contributed by atoms with van der Waals surface area (Å²) >= 11 is 3.26. The van der Waals surface area contributed by atoms with Crippen molar-refractivity contribution in [2.24, 2.45) is 0 Å². The fourth-order valence-electron chi connectivity index (χ4n) is 2.59. The van der Waals surface area contributed by atoms with Gasteiger partial charge in [-0.3, -0.25) is 4.98 Å². The maximum atomic E-state index is 5.45. The van der Waals surface area contributed by atoms with Gasteiger partial charge in [0.1, 0.15) is 0 Å². The van der Waals surface area contributed by atoms with Crippen LogP contribution in [0, 0.1) is 0 Å². The Morgan fingerprint density at radius 1 is 1.19 bits per heavy atom. The second kappa shape index (κ2) is 7.84. The third-order valence-electron chi connectivity index (χ3n) is 3.77. The quantitative estimate of drug-likeness (QED) is 0.429. The van der Waals surface area contributed by atoms with E-state index in [1.807, 2.05) is 35.7 Å². The lowest BCUT2D eigenvalue weighted by molar-refractivity contribution is 0.427. The molecule has 4 aromatic heterocycles. The molecule has 0 radical (unpaired) electrons. The van der Waals surface area contributed by atoms with E-state index < -0.39 is 0 Å². The number of thiophene rings is 1. The van der Waals surface area contributed by atoms with Gasteiger partial charge in [0, 0.05) is 36.3 Å². The van der Waals surface area contributed by atoms with Crippen LogP contribution in [0.4, 0.5) is 0 Å². The highest BCUT2D eigenvalue weighted by Crippen LogP contribution is 2.29. The number of hydrogen-bond acceptors (Lipinski definition) is 7. The summed E-state index contributed by atoms with van der Waals surface area (Å²) in [6.45, 7) is 3.02. The molecule has 4 heterocycles. The summed E-state index contributed by atoms with van der Waals surface area (Å²) in [6, 6.07) is 9.93. The average molecular weight is 384 g/mol. The Kier molecular flexibility index (Phi) is 5.12. The van der Waals surface area contributed by atoms with Crippen LogP contribution in [-0.2, 0) is 12.3 Å². The average Bonchev–Trinajstić information content (AvgIpc) is 3.42. The molecule has 132 valence electrons. The van der Waals surface area contributed by atoms with Gasteiger partial charge in [0.25, 0.3) is 0 Å². The Hall–Kier alpha value is -2.45. The molecule has 0 spiro atoms. The zero-order valence-electron chi connectivity index (χ0n) is 14.2. The molecular weight excluding hydrogens is 366 g/mol. The number of nitrogens with zero attached hydrogens (tertiary/aromatic N) is 5. The first-order chi connectivity index (χ1) is 12.8. The minimum absolute atomic E-state index is 0.688. The second-order valence-corrected chi connectivity index (χ2v) is 7.53. The lowest BCUT2D eigenvalue weighted by Crippen LogP contribution is -2.02. The van der Waals surface area contributed by atoms with E-state index in [2.05, 4.69) is 31.8 Å². The summed E-state index contributed by atoms with van der Waals surface area (Å²) in [5, 5.41) is 15.9. The van der Waals surface area contributed by atoms with Crippen LogP contribution < -0.4 is 0 Å². The van der Waals surface area contributed by atoms with E-state index >= 15 is 0 Å². The molecule has 8 heteroatoms. The van der Waals surface area contributed by atoms with Gasteiger partial charge >= 0.3 is 0 Å². The van der Waals surface area contributed by atoms with Crippen LogP contribution >= 0.6 is 23.1 Å². The molecule has 26 heavy (non-hydrogen) atoms. The first-order valence-corrected chi connectivity index (χ1v) is 10.2. The predicted octanol–water partition coefficient (Wildman–Crippen LogP) is 4.76. The van der Waals surface area contributed by atoms with Crippen LogP contribution in [-0.4, -0.2) is 24.9 Å². The fourth-order valence-corrected chi connectivity index (χ4v) is 4.11. The molecule has 0 atom stereocenters. The number of thioether (sulfide) groups is 1. The molecular formula is C18H17N5OS2. The Balaban J connectivity index is 1.52.